The van der Waals surface area contributed by atoms with E-state index in [0.29, 0.717) is 17.9 Å². The molecule has 0 saturated heterocycles. The number of amides is 1. The van der Waals surface area contributed by atoms with Gasteiger partial charge in [0.05, 0.1) is 24.7 Å². The summed E-state index contributed by atoms with van der Waals surface area (Å²) < 4.78 is 5.61. The van der Waals surface area contributed by atoms with Gasteiger partial charge in [-0.1, -0.05) is 39.0 Å². The maximum atomic E-state index is 11.9. The van der Waals surface area contributed by atoms with E-state index in [1.807, 2.05) is 30.3 Å². The van der Waals surface area contributed by atoms with Crippen LogP contribution in [-0.2, 0) is 10.2 Å². The fourth-order valence-electron chi connectivity index (χ4n) is 2.20. The Bertz CT molecular complexity index is 737. The van der Waals surface area contributed by atoms with Crippen LogP contribution in [0.2, 0.25) is 0 Å². The summed E-state index contributed by atoms with van der Waals surface area (Å²) in [6, 6.07) is 16.8. The van der Waals surface area contributed by atoms with Crippen LogP contribution in [0.4, 0.5) is 5.69 Å². The molecule has 0 bridgehead atoms. The molecule has 2 rings (SSSR count). The lowest BCUT2D eigenvalue weighted by Gasteiger charge is -2.19. The summed E-state index contributed by atoms with van der Waals surface area (Å²) in [5.74, 6) is 0.610. The molecule has 0 unspecified atom stereocenters. The van der Waals surface area contributed by atoms with Crippen molar-refractivity contribution >= 4 is 11.6 Å². The maximum Gasteiger partial charge on any atom is 0.227 e. The highest BCUT2D eigenvalue weighted by Crippen LogP contribution is 2.24. The van der Waals surface area contributed by atoms with Crippen molar-refractivity contribution in [3.8, 4) is 11.8 Å². The molecular weight excluding hydrogens is 300 g/mol. The summed E-state index contributed by atoms with van der Waals surface area (Å²) in [6.45, 7) is 6.79. The zero-order chi connectivity index (χ0) is 17.6. The van der Waals surface area contributed by atoms with Crippen molar-refractivity contribution in [2.75, 3.05) is 11.9 Å². The molecule has 2 aromatic carbocycles. The zero-order valence-electron chi connectivity index (χ0n) is 14.3. The normalized spacial score (nSPS) is 10.8. The Morgan fingerprint density at radius 1 is 1.17 bits per heavy atom. The summed E-state index contributed by atoms with van der Waals surface area (Å²) >= 11 is 0. The molecule has 1 N–H and O–H groups in total. The van der Waals surface area contributed by atoms with Crippen LogP contribution in [0, 0.1) is 11.3 Å². The second-order valence-corrected chi connectivity index (χ2v) is 6.61. The van der Waals surface area contributed by atoms with Gasteiger partial charge in [0, 0.05) is 5.69 Å². The van der Waals surface area contributed by atoms with Gasteiger partial charge in [-0.15, -0.1) is 0 Å². The monoisotopic (exact) mass is 322 g/mol. The first-order chi connectivity index (χ1) is 11.4. The molecule has 0 atom stereocenters. The SMILES string of the molecule is CC(C)(C)c1ccc(OCCC(=O)Nc2cccc(C#N)c2)cc1. The molecule has 0 aromatic heterocycles. The van der Waals surface area contributed by atoms with Crippen LogP contribution >= 0.6 is 0 Å². The number of carbonyl (C=O) groups is 1. The van der Waals surface area contributed by atoms with E-state index in [0.717, 1.165) is 5.75 Å². The van der Waals surface area contributed by atoms with Crippen molar-refractivity contribution in [3.63, 3.8) is 0 Å². The van der Waals surface area contributed by atoms with Crippen molar-refractivity contribution < 1.29 is 9.53 Å². The molecule has 0 heterocycles. The van der Waals surface area contributed by atoms with E-state index in [-0.39, 0.29) is 17.7 Å². The molecule has 0 aliphatic rings. The minimum Gasteiger partial charge on any atom is -0.493 e. The quantitative estimate of drug-likeness (QED) is 0.894. The standard InChI is InChI=1S/C20H22N2O2/c1-20(2,3)16-7-9-18(10-8-16)24-12-11-19(23)22-17-6-4-5-15(13-17)14-21/h4-10,13H,11-12H2,1-3H3,(H,22,23). The predicted molar refractivity (Wildman–Crippen MR) is 95.0 cm³/mol. The number of nitriles is 1. The second kappa shape index (κ2) is 7.65. The molecule has 4 nitrogen and oxygen atoms in total. The first-order valence-electron chi connectivity index (χ1n) is 7.92. The third-order valence-corrected chi connectivity index (χ3v) is 3.59. The molecule has 0 radical (unpaired) electrons. The average Bonchev–Trinajstić information content (AvgIpc) is 2.54. The summed E-state index contributed by atoms with van der Waals surface area (Å²) in [5.41, 5.74) is 2.48. The Hall–Kier alpha value is -2.80. The second-order valence-electron chi connectivity index (χ2n) is 6.61. The summed E-state index contributed by atoms with van der Waals surface area (Å²) in [5, 5.41) is 11.6. The largest absolute Gasteiger partial charge is 0.493 e. The van der Waals surface area contributed by atoms with E-state index in [1.54, 1.807) is 24.3 Å². The molecule has 24 heavy (non-hydrogen) atoms. The first-order valence-corrected chi connectivity index (χ1v) is 7.92. The van der Waals surface area contributed by atoms with Crippen LogP contribution in [0.25, 0.3) is 0 Å². The molecule has 1 amide bonds. The van der Waals surface area contributed by atoms with Crippen LogP contribution in [0.3, 0.4) is 0 Å². The van der Waals surface area contributed by atoms with Crippen molar-refractivity contribution in [3.05, 3.63) is 59.7 Å². The number of nitrogens with one attached hydrogen (secondary N) is 1. The van der Waals surface area contributed by atoms with Crippen molar-refractivity contribution in [2.45, 2.75) is 32.6 Å². The lowest BCUT2D eigenvalue weighted by atomic mass is 9.87. The van der Waals surface area contributed by atoms with E-state index in [4.69, 9.17) is 10.00 Å². The zero-order valence-corrected chi connectivity index (χ0v) is 14.3. The first kappa shape index (κ1) is 17.6. The molecular formula is C20H22N2O2. The topological polar surface area (TPSA) is 62.1 Å². The third-order valence-electron chi connectivity index (χ3n) is 3.59. The molecule has 0 aliphatic heterocycles. The number of benzene rings is 2. The van der Waals surface area contributed by atoms with Gasteiger partial charge < -0.3 is 10.1 Å². The fraction of sp³-hybridized carbons (Fsp3) is 0.300. The van der Waals surface area contributed by atoms with Gasteiger partial charge in [0.15, 0.2) is 0 Å². The molecule has 4 heteroatoms. The predicted octanol–water partition coefficient (Wildman–Crippen LogP) is 4.26. The Morgan fingerprint density at radius 3 is 2.50 bits per heavy atom. The van der Waals surface area contributed by atoms with Crippen molar-refractivity contribution in [1.82, 2.24) is 0 Å². The summed E-state index contributed by atoms with van der Waals surface area (Å²) in [6.07, 6.45) is 0.248. The summed E-state index contributed by atoms with van der Waals surface area (Å²) in [4.78, 5) is 11.9. The van der Waals surface area contributed by atoms with E-state index < -0.39 is 0 Å². The molecule has 0 spiro atoms. The van der Waals surface area contributed by atoms with Gasteiger partial charge in [-0.25, -0.2) is 0 Å². The lowest BCUT2D eigenvalue weighted by molar-refractivity contribution is -0.116. The average molecular weight is 322 g/mol. The number of rotatable bonds is 5. The van der Waals surface area contributed by atoms with E-state index in [9.17, 15) is 4.79 Å². The van der Waals surface area contributed by atoms with Crippen molar-refractivity contribution in [2.24, 2.45) is 0 Å². The summed E-state index contributed by atoms with van der Waals surface area (Å²) in [7, 11) is 0. The fourth-order valence-corrected chi connectivity index (χ4v) is 2.20. The Labute approximate surface area is 143 Å². The van der Waals surface area contributed by atoms with Crippen LogP contribution in [0.15, 0.2) is 48.5 Å². The van der Waals surface area contributed by atoms with Crippen LogP contribution in [0.1, 0.15) is 38.3 Å². The Morgan fingerprint density at radius 2 is 1.88 bits per heavy atom. The van der Waals surface area contributed by atoms with E-state index >= 15 is 0 Å². The number of nitrogens with zero attached hydrogens (tertiary/aromatic N) is 1. The minimum absolute atomic E-state index is 0.108. The van der Waals surface area contributed by atoms with Gasteiger partial charge in [0.1, 0.15) is 5.75 Å². The van der Waals surface area contributed by atoms with E-state index in [1.165, 1.54) is 5.56 Å². The molecule has 124 valence electrons. The van der Waals surface area contributed by atoms with Gasteiger partial charge in [-0.3, -0.25) is 4.79 Å². The van der Waals surface area contributed by atoms with E-state index in [2.05, 4.69) is 26.1 Å². The molecule has 0 aliphatic carbocycles. The Balaban J connectivity index is 1.81. The number of hydrogen-bond acceptors (Lipinski definition) is 3. The maximum absolute atomic E-state index is 11.9. The highest BCUT2D eigenvalue weighted by atomic mass is 16.5. The highest BCUT2D eigenvalue weighted by Gasteiger charge is 2.13. The van der Waals surface area contributed by atoms with Crippen LogP contribution in [0.5, 0.6) is 5.75 Å². The Kier molecular flexibility index (Phi) is 5.59. The van der Waals surface area contributed by atoms with Gasteiger partial charge in [0.2, 0.25) is 5.91 Å². The van der Waals surface area contributed by atoms with Crippen LogP contribution < -0.4 is 10.1 Å². The number of hydrogen-bond donors (Lipinski definition) is 1. The lowest BCUT2D eigenvalue weighted by Crippen LogP contribution is -2.15. The number of anilines is 1. The number of carbonyl (C=O) groups excluding carboxylic acids is 1. The van der Waals surface area contributed by atoms with Gasteiger partial charge in [-0.2, -0.15) is 5.26 Å². The molecule has 0 fully saturated rings. The molecule has 0 saturated carbocycles. The van der Waals surface area contributed by atoms with Gasteiger partial charge in [0.25, 0.3) is 0 Å². The van der Waals surface area contributed by atoms with Crippen molar-refractivity contribution in [1.29, 1.82) is 5.26 Å². The minimum atomic E-state index is -0.142. The third kappa shape index (κ3) is 5.13. The highest BCUT2D eigenvalue weighted by molar-refractivity contribution is 5.90. The number of ether oxygens (including phenoxy) is 1. The smallest absolute Gasteiger partial charge is 0.227 e. The van der Waals surface area contributed by atoms with Gasteiger partial charge in [-0.05, 0) is 41.3 Å². The van der Waals surface area contributed by atoms with Gasteiger partial charge >= 0.3 is 0 Å². The van der Waals surface area contributed by atoms with Crippen LogP contribution in [-0.4, -0.2) is 12.5 Å². The molecule has 2 aromatic rings.